The Morgan fingerprint density at radius 2 is 1.67 bits per heavy atom. The maximum atomic E-state index is 13.3. The molecule has 0 saturated carbocycles. The van der Waals surface area contributed by atoms with Gasteiger partial charge in [-0.15, -0.1) is 0 Å². The number of nitrogens with zero attached hydrogens (tertiary/aromatic N) is 4. The third kappa shape index (κ3) is 4.95. The summed E-state index contributed by atoms with van der Waals surface area (Å²) in [5.41, 5.74) is 4.13. The van der Waals surface area contributed by atoms with Gasteiger partial charge < -0.3 is 10.1 Å². The first-order chi connectivity index (χ1) is 18.9. The number of anilines is 1. The van der Waals surface area contributed by atoms with E-state index in [0.717, 1.165) is 5.56 Å². The van der Waals surface area contributed by atoms with E-state index in [4.69, 9.17) is 14.7 Å². The summed E-state index contributed by atoms with van der Waals surface area (Å²) < 4.78 is 7.07. The zero-order valence-corrected chi connectivity index (χ0v) is 21.1. The van der Waals surface area contributed by atoms with Crippen LogP contribution in [0.4, 0.5) is 11.5 Å². The van der Waals surface area contributed by atoms with E-state index in [1.807, 2.05) is 49.4 Å². The predicted octanol–water partition coefficient (Wildman–Crippen LogP) is 5.62. The highest BCUT2D eigenvalue weighted by molar-refractivity contribution is 6.13. The molecule has 39 heavy (non-hydrogen) atoms. The molecule has 1 amide bonds. The van der Waals surface area contributed by atoms with Crippen molar-refractivity contribution in [1.82, 2.24) is 14.5 Å². The third-order valence-electron chi connectivity index (χ3n) is 6.07. The highest BCUT2D eigenvalue weighted by atomic mass is 16.6. The van der Waals surface area contributed by atoms with E-state index in [9.17, 15) is 19.7 Å². The fraction of sp³-hybridized carbons (Fsp3) is 0.103. The predicted molar refractivity (Wildman–Crippen MR) is 148 cm³/mol. The van der Waals surface area contributed by atoms with E-state index in [2.05, 4.69) is 5.32 Å². The zero-order chi connectivity index (χ0) is 27.5. The molecular weight excluding hydrogens is 498 g/mol. The summed E-state index contributed by atoms with van der Waals surface area (Å²) in [6, 6.07) is 20.6. The smallest absolute Gasteiger partial charge is 0.344 e. The summed E-state index contributed by atoms with van der Waals surface area (Å²) in [4.78, 5) is 46.4. The molecule has 2 aromatic heterocycles. The van der Waals surface area contributed by atoms with Gasteiger partial charge >= 0.3 is 5.97 Å². The molecule has 3 aromatic carbocycles. The molecule has 0 aliphatic carbocycles. The van der Waals surface area contributed by atoms with Crippen LogP contribution in [0.3, 0.4) is 0 Å². The number of nitrogens with one attached hydrogen (secondary N) is 1. The first kappa shape index (κ1) is 25.3. The number of esters is 1. The minimum atomic E-state index is -0.644. The highest BCUT2D eigenvalue weighted by Gasteiger charge is 2.28. The lowest BCUT2D eigenvalue weighted by Crippen LogP contribution is -2.16. The van der Waals surface area contributed by atoms with Crippen molar-refractivity contribution in [2.45, 2.75) is 13.8 Å². The van der Waals surface area contributed by atoms with E-state index in [-0.39, 0.29) is 23.7 Å². The molecule has 1 N–H and O–H groups in total. The van der Waals surface area contributed by atoms with Crippen molar-refractivity contribution in [3.8, 4) is 5.69 Å². The molecule has 10 heteroatoms. The number of nitro benzene ring substituents is 1. The van der Waals surface area contributed by atoms with Gasteiger partial charge in [-0.2, -0.15) is 0 Å². The Labute approximate surface area is 222 Å². The van der Waals surface area contributed by atoms with Gasteiger partial charge in [0.2, 0.25) is 5.91 Å². The Morgan fingerprint density at radius 1 is 1.00 bits per heavy atom. The number of hydrogen-bond donors (Lipinski definition) is 1. The molecule has 5 aromatic rings. The number of carbonyl (C=O) groups excluding carboxylic acids is 2. The minimum Gasteiger partial charge on any atom is -0.462 e. The fourth-order valence-corrected chi connectivity index (χ4v) is 4.25. The van der Waals surface area contributed by atoms with Gasteiger partial charge in [0.25, 0.3) is 5.69 Å². The summed E-state index contributed by atoms with van der Waals surface area (Å²) in [5.74, 6) is -0.999. The molecule has 5 rings (SSSR count). The van der Waals surface area contributed by atoms with Crippen LogP contribution in [0, 0.1) is 17.0 Å². The Bertz CT molecular complexity index is 1770. The number of ether oxygens (including phenoxy) is 1. The van der Waals surface area contributed by atoms with Gasteiger partial charge in [-0.05, 0) is 61.4 Å². The topological polar surface area (TPSA) is 129 Å². The standard InChI is InChI=1S/C29H23N5O5/c1-3-39-29(36)25-26-28(31-22-10-6-5-9-21(22)30-26)33(23-11-7-4-8-18(23)2)27(25)32-24(35)17-14-19-12-15-20(16-13-19)34(37)38/h4-17H,3H2,1-2H3,(H,32,35). The maximum Gasteiger partial charge on any atom is 0.344 e. The van der Waals surface area contributed by atoms with Crippen molar-refractivity contribution in [3.63, 3.8) is 0 Å². The number of fused-ring (bicyclic) bond motifs is 2. The van der Waals surface area contributed by atoms with Crippen LogP contribution >= 0.6 is 0 Å². The molecule has 10 nitrogen and oxygen atoms in total. The van der Waals surface area contributed by atoms with Gasteiger partial charge in [0.1, 0.15) is 16.9 Å². The SMILES string of the molecule is CCOC(=O)c1c(NC(=O)C=Cc2ccc([N+](=O)[O-])cc2)n(-c2ccccc2C)c2nc3ccccc3nc12. The average molecular weight is 522 g/mol. The first-order valence-electron chi connectivity index (χ1n) is 12.1. The van der Waals surface area contributed by atoms with Crippen LogP contribution in [-0.2, 0) is 9.53 Å². The van der Waals surface area contributed by atoms with Crippen LogP contribution in [0.2, 0.25) is 0 Å². The van der Waals surface area contributed by atoms with Crippen molar-refractivity contribution in [3.05, 3.63) is 106 Å². The largest absolute Gasteiger partial charge is 0.462 e. The Morgan fingerprint density at radius 3 is 2.33 bits per heavy atom. The van der Waals surface area contributed by atoms with Crippen molar-refractivity contribution in [2.24, 2.45) is 0 Å². The number of benzene rings is 3. The van der Waals surface area contributed by atoms with Gasteiger partial charge in [-0.3, -0.25) is 19.5 Å². The number of non-ortho nitro benzene ring substituents is 1. The summed E-state index contributed by atoms with van der Waals surface area (Å²) in [6.45, 7) is 3.74. The summed E-state index contributed by atoms with van der Waals surface area (Å²) in [7, 11) is 0. The molecule has 0 bridgehead atoms. The average Bonchev–Trinajstić information content (AvgIpc) is 3.23. The van der Waals surface area contributed by atoms with Gasteiger partial charge in [0.05, 0.1) is 28.3 Å². The van der Waals surface area contributed by atoms with Gasteiger partial charge in [-0.25, -0.2) is 14.8 Å². The van der Waals surface area contributed by atoms with E-state index in [1.54, 1.807) is 17.6 Å². The second kappa shape index (κ2) is 10.5. The van der Waals surface area contributed by atoms with E-state index < -0.39 is 16.8 Å². The van der Waals surface area contributed by atoms with Crippen molar-refractivity contribution in [1.29, 1.82) is 0 Å². The Balaban J connectivity index is 1.67. The van der Waals surface area contributed by atoms with E-state index in [0.29, 0.717) is 33.4 Å². The second-order valence-corrected chi connectivity index (χ2v) is 8.62. The molecule has 0 atom stereocenters. The summed E-state index contributed by atoms with van der Waals surface area (Å²) in [6.07, 6.45) is 2.81. The molecule has 2 heterocycles. The number of aryl methyl sites for hydroxylation is 1. The van der Waals surface area contributed by atoms with Crippen LogP contribution in [-0.4, -0.2) is 37.9 Å². The van der Waals surface area contributed by atoms with Crippen LogP contribution in [0.15, 0.2) is 78.9 Å². The quantitative estimate of drug-likeness (QED) is 0.127. The van der Waals surface area contributed by atoms with Gasteiger partial charge in [0, 0.05) is 18.2 Å². The highest BCUT2D eigenvalue weighted by Crippen LogP contribution is 2.34. The van der Waals surface area contributed by atoms with E-state index in [1.165, 1.54) is 36.4 Å². The molecule has 0 aliphatic rings. The molecule has 0 radical (unpaired) electrons. The number of aromatic nitrogens is 3. The van der Waals surface area contributed by atoms with Crippen LogP contribution in [0.5, 0.6) is 0 Å². The number of nitro groups is 1. The lowest BCUT2D eigenvalue weighted by molar-refractivity contribution is -0.384. The maximum absolute atomic E-state index is 13.3. The summed E-state index contributed by atoms with van der Waals surface area (Å²) >= 11 is 0. The van der Waals surface area contributed by atoms with Crippen LogP contribution in [0.25, 0.3) is 34.0 Å². The lowest BCUT2D eigenvalue weighted by atomic mass is 10.2. The van der Waals surface area contributed by atoms with Gasteiger partial charge in [-0.1, -0.05) is 30.3 Å². The fourth-order valence-electron chi connectivity index (χ4n) is 4.25. The second-order valence-electron chi connectivity index (χ2n) is 8.62. The molecule has 0 unspecified atom stereocenters. The monoisotopic (exact) mass is 521 g/mol. The molecule has 0 fully saturated rings. The van der Waals surface area contributed by atoms with Gasteiger partial charge in [0.15, 0.2) is 5.65 Å². The molecule has 0 spiro atoms. The normalized spacial score (nSPS) is 11.2. The Kier molecular flexibility index (Phi) is 6.83. The lowest BCUT2D eigenvalue weighted by Gasteiger charge is -2.14. The van der Waals surface area contributed by atoms with E-state index >= 15 is 0 Å². The molecular formula is C29H23N5O5. The van der Waals surface area contributed by atoms with Crippen molar-refractivity contribution in [2.75, 3.05) is 11.9 Å². The van der Waals surface area contributed by atoms with Crippen LogP contribution < -0.4 is 5.32 Å². The molecule has 0 saturated heterocycles. The van der Waals surface area contributed by atoms with Crippen molar-refractivity contribution < 1.29 is 19.2 Å². The Hall–Kier alpha value is -5.38. The molecule has 194 valence electrons. The number of para-hydroxylation sites is 3. The first-order valence-corrected chi connectivity index (χ1v) is 12.1. The third-order valence-corrected chi connectivity index (χ3v) is 6.07. The number of carbonyl (C=O) groups is 2. The summed E-state index contributed by atoms with van der Waals surface area (Å²) in [5, 5.41) is 13.7. The zero-order valence-electron chi connectivity index (χ0n) is 21.1. The number of rotatable bonds is 7. The number of hydrogen-bond acceptors (Lipinski definition) is 7. The van der Waals surface area contributed by atoms with Crippen molar-refractivity contribution >= 4 is 51.7 Å². The minimum absolute atomic E-state index is 0.0502. The van der Waals surface area contributed by atoms with Crippen LogP contribution in [0.1, 0.15) is 28.4 Å². The number of amides is 1. The molecule has 0 aliphatic heterocycles.